The number of carbonyl (C=O) groups excluding carboxylic acids is 1. The van der Waals surface area contributed by atoms with Gasteiger partial charge in [-0.05, 0) is 41.3 Å². The Hall–Kier alpha value is -3.06. The van der Waals surface area contributed by atoms with Crippen LogP contribution in [0.5, 0.6) is 11.5 Å². The van der Waals surface area contributed by atoms with Crippen LogP contribution >= 0.6 is 11.3 Å². The molecule has 0 atom stereocenters. The molecular formula is C19H17N3O3S. The number of rotatable bonds is 6. The van der Waals surface area contributed by atoms with E-state index in [9.17, 15) is 4.79 Å². The Labute approximate surface area is 154 Å². The zero-order valence-corrected chi connectivity index (χ0v) is 14.7. The van der Waals surface area contributed by atoms with Crippen molar-refractivity contribution in [3.05, 3.63) is 58.9 Å². The van der Waals surface area contributed by atoms with Gasteiger partial charge in [0.2, 0.25) is 12.7 Å². The highest BCUT2D eigenvalue weighted by molar-refractivity contribution is 7.08. The summed E-state index contributed by atoms with van der Waals surface area (Å²) in [5, 5.41) is 11.5. The third-order valence-corrected chi connectivity index (χ3v) is 4.60. The Kier molecular flexibility index (Phi) is 4.70. The lowest BCUT2D eigenvalue weighted by molar-refractivity contribution is -0.116. The molecule has 1 amide bonds. The minimum Gasteiger partial charge on any atom is -0.454 e. The van der Waals surface area contributed by atoms with Gasteiger partial charge >= 0.3 is 0 Å². The van der Waals surface area contributed by atoms with Crippen molar-refractivity contribution in [2.24, 2.45) is 0 Å². The number of nitrogens with one attached hydrogen (secondary N) is 1. The van der Waals surface area contributed by atoms with Crippen molar-refractivity contribution >= 4 is 23.3 Å². The summed E-state index contributed by atoms with van der Waals surface area (Å²) in [5.74, 6) is 1.29. The molecule has 1 aromatic carbocycles. The summed E-state index contributed by atoms with van der Waals surface area (Å²) in [6.45, 7) is 1.37. The van der Waals surface area contributed by atoms with Gasteiger partial charge in [-0.3, -0.25) is 9.48 Å². The second kappa shape index (κ2) is 7.45. The van der Waals surface area contributed by atoms with Gasteiger partial charge in [0.15, 0.2) is 11.5 Å². The van der Waals surface area contributed by atoms with Gasteiger partial charge in [0.25, 0.3) is 0 Å². The third kappa shape index (κ3) is 3.78. The topological polar surface area (TPSA) is 65.4 Å². The van der Waals surface area contributed by atoms with Crippen LogP contribution in [0.3, 0.4) is 0 Å². The smallest absolute Gasteiger partial charge is 0.244 e. The summed E-state index contributed by atoms with van der Waals surface area (Å²) < 4.78 is 12.4. The summed E-state index contributed by atoms with van der Waals surface area (Å²) in [5.41, 5.74) is 2.95. The molecule has 0 aliphatic carbocycles. The fraction of sp³-hybridized carbons (Fsp3) is 0.158. The van der Waals surface area contributed by atoms with Crippen LogP contribution in [-0.4, -0.2) is 29.0 Å². The third-order valence-electron chi connectivity index (χ3n) is 3.92. The Bertz CT molecular complexity index is 931. The molecule has 0 spiro atoms. The first-order chi connectivity index (χ1) is 12.8. The van der Waals surface area contributed by atoms with Crippen molar-refractivity contribution in [3.63, 3.8) is 0 Å². The standard InChI is InChI=1S/C19H17N3O3S/c23-19(4-2-14-1-3-17-18(11-14)25-13-24-17)20-7-9-22-8-5-16(21-22)15-6-10-26-12-15/h1-6,8,10-12H,7,9,13H2,(H,20,23)/b4-2+. The van der Waals surface area contributed by atoms with Crippen LogP contribution in [0.4, 0.5) is 0 Å². The monoisotopic (exact) mass is 367 g/mol. The Morgan fingerprint density at radius 1 is 1.27 bits per heavy atom. The van der Waals surface area contributed by atoms with Crippen LogP contribution in [-0.2, 0) is 11.3 Å². The van der Waals surface area contributed by atoms with E-state index in [2.05, 4.69) is 15.8 Å². The van der Waals surface area contributed by atoms with Gasteiger partial charge in [0, 0.05) is 29.8 Å². The van der Waals surface area contributed by atoms with Crippen molar-refractivity contribution < 1.29 is 14.3 Å². The van der Waals surface area contributed by atoms with E-state index < -0.39 is 0 Å². The maximum atomic E-state index is 12.0. The first-order valence-corrected chi connectivity index (χ1v) is 9.14. The SMILES string of the molecule is O=C(/C=C/c1ccc2c(c1)OCO2)NCCn1ccc(-c2ccsc2)n1. The van der Waals surface area contributed by atoms with Gasteiger partial charge in [-0.2, -0.15) is 16.4 Å². The molecule has 3 aromatic rings. The van der Waals surface area contributed by atoms with E-state index in [-0.39, 0.29) is 12.7 Å². The van der Waals surface area contributed by atoms with Crippen LogP contribution in [0, 0.1) is 0 Å². The molecule has 0 saturated heterocycles. The molecule has 0 saturated carbocycles. The van der Waals surface area contributed by atoms with Crippen LogP contribution in [0.2, 0.25) is 0 Å². The Morgan fingerprint density at radius 3 is 3.08 bits per heavy atom. The van der Waals surface area contributed by atoms with Crippen molar-refractivity contribution in [2.45, 2.75) is 6.54 Å². The summed E-state index contributed by atoms with van der Waals surface area (Å²) in [7, 11) is 0. The number of nitrogens with zero attached hydrogens (tertiary/aromatic N) is 2. The molecule has 0 fully saturated rings. The Morgan fingerprint density at radius 2 is 2.19 bits per heavy atom. The van der Waals surface area contributed by atoms with E-state index in [1.54, 1.807) is 17.4 Å². The average molecular weight is 367 g/mol. The fourth-order valence-corrected chi connectivity index (χ4v) is 3.24. The number of hydrogen-bond donors (Lipinski definition) is 1. The predicted molar refractivity (Wildman–Crippen MR) is 100 cm³/mol. The molecule has 2 aromatic heterocycles. The van der Waals surface area contributed by atoms with Crippen LogP contribution in [0.15, 0.2) is 53.4 Å². The predicted octanol–water partition coefficient (Wildman–Crippen LogP) is 3.17. The molecule has 6 nitrogen and oxygen atoms in total. The molecule has 1 N–H and O–H groups in total. The van der Waals surface area contributed by atoms with Gasteiger partial charge in [-0.1, -0.05) is 6.07 Å². The zero-order chi connectivity index (χ0) is 17.8. The van der Waals surface area contributed by atoms with E-state index in [0.717, 1.165) is 22.6 Å². The maximum absolute atomic E-state index is 12.0. The first-order valence-electron chi connectivity index (χ1n) is 8.19. The number of aromatic nitrogens is 2. The molecule has 1 aliphatic rings. The van der Waals surface area contributed by atoms with E-state index >= 15 is 0 Å². The quantitative estimate of drug-likeness (QED) is 0.680. The number of hydrogen-bond acceptors (Lipinski definition) is 5. The number of fused-ring (bicyclic) bond motifs is 1. The first kappa shape index (κ1) is 16.4. The second-order valence-electron chi connectivity index (χ2n) is 5.71. The van der Waals surface area contributed by atoms with Crippen molar-refractivity contribution in [1.82, 2.24) is 15.1 Å². The highest BCUT2D eigenvalue weighted by Gasteiger charge is 2.12. The van der Waals surface area contributed by atoms with E-state index in [1.165, 1.54) is 6.08 Å². The number of thiophene rings is 1. The van der Waals surface area contributed by atoms with Crippen molar-refractivity contribution in [2.75, 3.05) is 13.3 Å². The van der Waals surface area contributed by atoms with Gasteiger partial charge in [-0.25, -0.2) is 0 Å². The molecule has 7 heteroatoms. The molecule has 3 heterocycles. The van der Waals surface area contributed by atoms with E-state index in [1.807, 2.05) is 46.6 Å². The fourth-order valence-electron chi connectivity index (χ4n) is 2.59. The van der Waals surface area contributed by atoms with E-state index in [4.69, 9.17) is 9.47 Å². The molecule has 0 radical (unpaired) electrons. The maximum Gasteiger partial charge on any atom is 0.244 e. The molecule has 4 rings (SSSR count). The van der Waals surface area contributed by atoms with Crippen molar-refractivity contribution in [3.8, 4) is 22.8 Å². The molecule has 0 unspecified atom stereocenters. The van der Waals surface area contributed by atoms with Crippen LogP contribution in [0.1, 0.15) is 5.56 Å². The lowest BCUT2D eigenvalue weighted by Gasteiger charge is -2.03. The lowest BCUT2D eigenvalue weighted by Crippen LogP contribution is -2.25. The van der Waals surface area contributed by atoms with Gasteiger partial charge < -0.3 is 14.8 Å². The minimum absolute atomic E-state index is 0.145. The van der Waals surface area contributed by atoms with Crippen LogP contribution in [0.25, 0.3) is 17.3 Å². The zero-order valence-electron chi connectivity index (χ0n) is 13.9. The second-order valence-corrected chi connectivity index (χ2v) is 6.49. The largest absolute Gasteiger partial charge is 0.454 e. The summed E-state index contributed by atoms with van der Waals surface area (Å²) in [6, 6.07) is 9.58. The highest BCUT2D eigenvalue weighted by Crippen LogP contribution is 2.32. The minimum atomic E-state index is -0.145. The number of amides is 1. The molecular weight excluding hydrogens is 350 g/mol. The molecule has 26 heavy (non-hydrogen) atoms. The molecule has 0 bridgehead atoms. The number of ether oxygens (including phenoxy) is 2. The van der Waals surface area contributed by atoms with E-state index in [0.29, 0.717) is 18.8 Å². The van der Waals surface area contributed by atoms with Gasteiger partial charge in [0.05, 0.1) is 12.2 Å². The van der Waals surface area contributed by atoms with Gasteiger partial charge in [-0.15, -0.1) is 0 Å². The normalized spacial score (nSPS) is 12.6. The summed E-state index contributed by atoms with van der Waals surface area (Å²) >= 11 is 1.65. The lowest BCUT2D eigenvalue weighted by atomic mass is 10.2. The van der Waals surface area contributed by atoms with Crippen LogP contribution < -0.4 is 14.8 Å². The number of benzene rings is 1. The molecule has 1 aliphatic heterocycles. The highest BCUT2D eigenvalue weighted by atomic mass is 32.1. The van der Waals surface area contributed by atoms with Gasteiger partial charge in [0.1, 0.15) is 0 Å². The molecule has 132 valence electrons. The average Bonchev–Trinajstić information content (AvgIpc) is 3.39. The summed E-state index contributed by atoms with van der Waals surface area (Å²) in [4.78, 5) is 12.0. The Balaban J connectivity index is 1.26. The number of carbonyl (C=O) groups is 1. The van der Waals surface area contributed by atoms with Crippen molar-refractivity contribution in [1.29, 1.82) is 0 Å². The summed E-state index contributed by atoms with van der Waals surface area (Å²) in [6.07, 6.45) is 5.18.